The van der Waals surface area contributed by atoms with Crippen LogP contribution in [0.1, 0.15) is 11.1 Å². The highest BCUT2D eigenvalue weighted by atomic mass is 35.5. The number of ether oxygens (including phenoxy) is 1. The first-order valence-corrected chi connectivity index (χ1v) is 12.1. The Kier molecular flexibility index (Phi) is 8.08. The average molecular weight is 487 g/mol. The Balaban J connectivity index is 1.52. The summed E-state index contributed by atoms with van der Waals surface area (Å²) in [5, 5.41) is 9.44. The maximum atomic E-state index is 10.6. The zero-order valence-corrected chi connectivity index (χ0v) is 19.9. The van der Waals surface area contributed by atoms with Crippen molar-refractivity contribution in [1.29, 1.82) is 0 Å². The highest BCUT2D eigenvalue weighted by molar-refractivity contribution is 7.99. The van der Waals surface area contributed by atoms with Crippen molar-refractivity contribution in [2.45, 2.75) is 4.90 Å². The van der Waals surface area contributed by atoms with Crippen LogP contribution in [-0.2, 0) is 4.79 Å². The molecular weight excluding hydrogens is 464 g/mol. The second-order valence-electron chi connectivity index (χ2n) is 7.53. The Morgan fingerprint density at radius 1 is 0.794 bits per heavy atom. The van der Waals surface area contributed by atoms with E-state index in [4.69, 9.17) is 21.4 Å². The van der Waals surface area contributed by atoms with Gasteiger partial charge in [-0.15, -0.1) is 11.8 Å². The number of thioether (sulfide) groups is 1. The van der Waals surface area contributed by atoms with Crippen LogP contribution >= 0.6 is 23.4 Å². The first-order valence-electron chi connectivity index (χ1n) is 10.8. The number of benzene rings is 4. The third-order valence-electron chi connectivity index (χ3n) is 5.18. The fraction of sp³-hybridized carbons (Fsp3) is 0.0690. The number of aliphatic carboxylic acids is 1. The molecule has 0 aliphatic heterocycles. The number of halogens is 1. The van der Waals surface area contributed by atoms with E-state index in [0.29, 0.717) is 10.8 Å². The zero-order valence-electron chi connectivity index (χ0n) is 18.4. The van der Waals surface area contributed by atoms with E-state index in [0.717, 1.165) is 27.3 Å². The Bertz CT molecular complexity index is 1250. The van der Waals surface area contributed by atoms with Crippen molar-refractivity contribution in [2.75, 3.05) is 12.4 Å². The number of hydrogen-bond acceptors (Lipinski definition) is 3. The molecule has 34 heavy (non-hydrogen) atoms. The van der Waals surface area contributed by atoms with Gasteiger partial charge < -0.3 is 9.84 Å². The third-order valence-corrected chi connectivity index (χ3v) is 6.37. The molecule has 0 atom stereocenters. The van der Waals surface area contributed by atoms with Crippen molar-refractivity contribution in [2.24, 2.45) is 0 Å². The lowest BCUT2D eigenvalue weighted by Crippen LogP contribution is -2.09. The molecule has 0 radical (unpaired) electrons. The maximum Gasteiger partial charge on any atom is 0.341 e. The van der Waals surface area contributed by atoms with Gasteiger partial charge in [0.1, 0.15) is 5.75 Å². The van der Waals surface area contributed by atoms with Crippen LogP contribution in [0.3, 0.4) is 0 Å². The lowest BCUT2D eigenvalue weighted by Gasteiger charge is -2.11. The van der Waals surface area contributed by atoms with E-state index in [2.05, 4.69) is 42.5 Å². The van der Waals surface area contributed by atoms with Crippen LogP contribution in [0.25, 0.3) is 16.7 Å². The summed E-state index contributed by atoms with van der Waals surface area (Å²) in [6.07, 6.45) is 2.22. The highest BCUT2D eigenvalue weighted by Gasteiger charge is 2.07. The lowest BCUT2D eigenvalue weighted by atomic mass is 9.95. The van der Waals surface area contributed by atoms with E-state index in [1.54, 1.807) is 23.9 Å². The van der Waals surface area contributed by atoms with E-state index >= 15 is 0 Å². The second kappa shape index (κ2) is 11.6. The number of carboxylic acid groups (broad SMARTS) is 1. The van der Waals surface area contributed by atoms with Crippen LogP contribution in [-0.4, -0.2) is 23.4 Å². The summed E-state index contributed by atoms with van der Waals surface area (Å²) >= 11 is 7.82. The molecule has 170 valence electrons. The summed E-state index contributed by atoms with van der Waals surface area (Å²) in [6.45, 7) is -0.345. The number of rotatable bonds is 9. The van der Waals surface area contributed by atoms with Gasteiger partial charge in [0.2, 0.25) is 0 Å². The molecule has 0 saturated heterocycles. The summed E-state index contributed by atoms with van der Waals surface area (Å²) in [7, 11) is 0. The minimum atomic E-state index is -0.991. The topological polar surface area (TPSA) is 46.5 Å². The quantitative estimate of drug-likeness (QED) is 0.246. The largest absolute Gasteiger partial charge is 0.482 e. The van der Waals surface area contributed by atoms with Crippen molar-refractivity contribution >= 4 is 34.9 Å². The number of hydrogen-bond donors (Lipinski definition) is 1. The van der Waals surface area contributed by atoms with Crippen LogP contribution in [0.2, 0.25) is 5.02 Å². The molecule has 4 aromatic rings. The summed E-state index contributed by atoms with van der Waals surface area (Å²) in [5.74, 6) is 0.325. The van der Waals surface area contributed by atoms with Crippen molar-refractivity contribution in [3.8, 4) is 16.9 Å². The zero-order chi connectivity index (χ0) is 23.8. The van der Waals surface area contributed by atoms with Gasteiger partial charge in [-0.05, 0) is 64.2 Å². The Hall–Kier alpha value is -3.47. The number of carbonyl (C=O) groups is 1. The smallest absolute Gasteiger partial charge is 0.341 e. The first kappa shape index (κ1) is 23.7. The van der Waals surface area contributed by atoms with Crippen molar-refractivity contribution in [3.63, 3.8) is 0 Å². The predicted octanol–water partition coefficient (Wildman–Crippen LogP) is 7.69. The van der Waals surface area contributed by atoms with Crippen LogP contribution in [0, 0.1) is 0 Å². The molecule has 0 unspecified atom stereocenters. The standard InChI is InChI=1S/C29H23ClO3S/c30-25-12-10-24(11-13-25)28(23-8-6-22(7-9-23)21-4-2-1-3-5-21)18-19-34-27-16-14-26(15-17-27)33-20-29(31)32/h1-18H,19-20H2,(H,31,32)/b28-18+. The maximum absolute atomic E-state index is 10.6. The lowest BCUT2D eigenvalue weighted by molar-refractivity contribution is -0.139. The second-order valence-corrected chi connectivity index (χ2v) is 9.06. The number of carboxylic acids is 1. The molecule has 0 aromatic heterocycles. The molecule has 0 saturated carbocycles. The van der Waals surface area contributed by atoms with Gasteiger partial charge in [0.25, 0.3) is 0 Å². The van der Waals surface area contributed by atoms with E-state index in [-0.39, 0.29) is 6.61 Å². The van der Waals surface area contributed by atoms with Gasteiger partial charge >= 0.3 is 5.97 Å². The summed E-state index contributed by atoms with van der Waals surface area (Å²) in [4.78, 5) is 11.7. The molecule has 1 N–H and O–H groups in total. The van der Waals surface area contributed by atoms with Gasteiger partial charge in [0.15, 0.2) is 6.61 Å². The average Bonchev–Trinajstić information content (AvgIpc) is 2.87. The van der Waals surface area contributed by atoms with E-state index in [1.165, 1.54) is 11.1 Å². The summed E-state index contributed by atoms with van der Waals surface area (Å²) in [5.41, 5.74) is 5.76. The molecule has 0 bridgehead atoms. The van der Waals surface area contributed by atoms with Crippen LogP contribution in [0.4, 0.5) is 0 Å². The molecule has 3 nitrogen and oxygen atoms in total. The van der Waals surface area contributed by atoms with Crippen LogP contribution < -0.4 is 4.74 Å². The minimum absolute atomic E-state index is 0.345. The van der Waals surface area contributed by atoms with Gasteiger partial charge in [-0.2, -0.15) is 0 Å². The van der Waals surface area contributed by atoms with Gasteiger partial charge in [-0.1, -0.05) is 84.4 Å². The van der Waals surface area contributed by atoms with Crippen LogP contribution in [0.15, 0.2) is 114 Å². The molecule has 0 heterocycles. The molecular formula is C29H23ClO3S. The summed E-state index contributed by atoms with van der Waals surface area (Å²) < 4.78 is 5.20. The molecule has 4 aromatic carbocycles. The Labute approximate surface area is 208 Å². The van der Waals surface area contributed by atoms with E-state index < -0.39 is 5.97 Å². The normalized spacial score (nSPS) is 11.3. The first-order chi connectivity index (χ1) is 16.6. The molecule has 4 rings (SSSR count). The SMILES string of the molecule is O=C(O)COc1ccc(SC/C=C(/c2ccc(Cl)cc2)c2ccc(-c3ccccc3)cc2)cc1. The van der Waals surface area contributed by atoms with Gasteiger partial charge in [-0.3, -0.25) is 0 Å². The molecule has 0 aliphatic rings. The monoisotopic (exact) mass is 486 g/mol. The van der Waals surface area contributed by atoms with Crippen molar-refractivity contribution in [1.82, 2.24) is 0 Å². The molecule has 0 aliphatic carbocycles. The Morgan fingerprint density at radius 2 is 1.38 bits per heavy atom. The Morgan fingerprint density at radius 3 is 2.00 bits per heavy atom. The van der Waals surface area contributed by atoms with Crippen LogP contribution in [0.5, 0.6) is 5.75 Å². The van der Waals surface area contributed by atoms with E-state index in [1.807, 2.05) is 54.6 Å². The minimum Gasteiger partial charge on any atom is -0.482 e. The third kappa shape index (κ3) is 6.53. The van der Waals surface area contributed by atoms with Crippen molar-refractivity contribution < 1.29 is 14.6 Å². The molecule has 5 heteroatoms. The van der Waals surface area contributed by atoms with E-state index in [9.17, 15) is 4.79 Å². The fourth-order valence-electron chi connectivity index (χ4n) is 3.50. The molecule has 0 amide bonds. The highest BCUT2D eigenvalue weighted by Crippen LogP contribution is 2.29. The molecule has 0 fully saturated rings. The fourth-order valence-corrected chi connectivity index (χ4v) is 4.40. The summed E-state index contributed by atoms with van der Waals surface area (Å²) in [6, 6.07) is 34.3. The van der Waals surface area contributed by atoms with Gasteiger partial charge in [0.05, 0.1) is 0 Å². The van der Waals surface area contributed by atoms with Gasteiger partial charge in [0, 0.05) is 15.7 Å². The molecule has 0 spiro atoms. The van der Waals surface area contributed by atoms with Gasteiger partial charge in [-0.25, -0.2) is 4.79 Å². The predicted molar refractivity (Wildman–Crippen MR) is 141 cm³/mol. The van der Waals surface area contributed by atoms with Crippen molar-refractivity contribution in [3.05, 3.63) is 125 Å².